The Morgan fingerprint density at radius 1 is 1.21 bits per heavy atom. The van der Waals surface area contributed by atoms with E-state index >= 15 is 0 Å². The van der Waals surface area contributed by atoms with Crippen LogP contribution in [0.3, 0.4) is 0 Å². The van der Waals surface area contributed by atoms with Crippen molar-refractivity contribution < 1.29 is 9.53 Å². The zero-order chi connectivity index (χ0) is 14.2. The topological polar surface area (TPSA) is 32.8 Å². The first kappa shape index (κ1) is 13.7. The van der Waals surface area contributed by atoms with E-state index in [0.29, 0.717) is 6.54 Å². The first-order valence-electron chi connectivity index (χ1n) is 6.60. The number of anilines is 2. The lowest BCUT2D eigenvalue weighted by molar-refractivity contribution is 0.0580. The smallest absolute Gasteiger partial charge is 0.414 e. The molecule has 0 spiro atoms. The van der Waals surface area contributed by atoms with Crippen LogP contribution in [-0.2, 0) is 4.74 Å². The lowest BCUT2D eigenvalue weighted by atomic mass is 10.1. The maximum Gasteiger partial charge on any atom is 0.414 e. The van der Waals surface area contributed by atoms with Crippen molar-refractivity contribution in [1.82, 2.24) is 0 Å². The first-order valence-corrected chi connectivity index (χ1v) is 6.60. The lowest BCUT2D eigenvalue weighted by Gasteiger charge is -2.36. The molecule has 19 heavy (non-hydrogen) atoms. The van der Waals surface area contributed by atoms with Gasteiger partial charge in [-0.15, -0.1) is 0 Å². The van der Waals surface area contributed by atoms with Crippen LogP contribution < -0.4 is 9.80 Å². The van der Waals surface area contributed by atoms with Crippen molar-refractivity contribution in [3.8, 4) is 0 Å². The second-order valence-corrected chi connectivity index (χ2v) is 6.05. The molecular weight excluding hydrogens is 240 g/mol. The van der Waals surface area contributed by atoms with E-state index < -0.39 is 5.60 Å². The first-order chi connectivity index (χ1) is 8.78. The lowest BCUT2D eigenvalue weighted by Crippen LogP contribution is -2.45. The third-order valence-corrected chi connectivity index (χ3v) is 3.11. The summed E-state index contributed by atoms with van der Waals surface area (Å²) in [7, 11) is 2.05. The summed E-state index contributed by atoms with van der Waals surface area (Å²) in [6, 6.07) is 6.12. The van der Waals surface area contributed by atoms with E-state index in [2.05, 4.69) is 17.9 Å². The van der Waals surface area contributed by atoms with Gasteiger partial charge in [-0.05, 0) is 45.4 Å². The second kappa shape index (κ2) is 4.76. The van der Waals surface area contributed by atoms with Crippen LogP contribution in [-0.4, -0.2) is 31.8 Å². The average molecular weight is 262 g/mol. The standard InChI is InChI=1S/C15H22N2O2/c1-11-6-7-12-13(10-11)16(5)8-9-17(12)14(18)19-15(2,3)4/h6-7,10H,8-9H2,1-5H3. The maximum absolute atomic E-state index is 12.3. The third-order valence-electron chi connectivity index (χ3n) is 3.11. The van der Waals surface area contributed by atoms with Crippen molar-refractivity contribution >= 4 is 17.5 Å². The summed E-state index contributed by atoms with van der Waals surface area (Å²) in [4.78, 5) is 16.1. The van der Waals surface area contributed by atoms with Crippen molar-refractivity contribution in [2.75, 3.05) is 29.9 Å². The molecule has 0 saturated heterocycles. The number of aryl methyl sites for hydroxylation is 1. The van der Waals surface area contributed by atoms with Crippen LogP contribution in [0.5, 0.6) is 0 Å². The van der Waals surface area contributed by atoms with Crippen molar-refractivity contribution in [1.29, 1.82) is 0 Å². The molecule has 0 saturated carbocycles. The monoisotopic (exact) mass is 262 g/mol. The number of amides is 1. The summed E-state index contributed by atoms with van der Waals surface area (Å²) in [5, 5.41) is 0. The molecule has 2 rings (SSSR count). The van der Waals surface area contributed by atoms with Gasteiger partial charge in [-0.1, -0.05) is 6.07 Å². The Balaban J connectivity index is 2.31. The van der Waals surface area contributed by atoms with Gasteiger partial charge < -0.3 is 9.64 Å². The number of ether oxygens (including phenoxy) is 1. The van der Waals surface area contributed by atoms with Gasteiger partial charge in [-0.3, -0.25) is 4.90 Å². The molecule has 4 heteroatoms. The normalized spacial score (nSPS) is 15.2. The molecule has 1 aliphatic rings. The van der Waals surface area contributed by atoms with E-state index in [1.807, 2.05) is 40.0 Å². The highest BCUT2D eigenvalue weighted by Crippen LogP contribution is 2.33. The number of likely N-dealkylation sites (N-methyl/N-ethyl adjacent to an activating group) is 1. The highest BCUT2D eigenvalue weighted by atomic mass is 16.6. The second-order valence-electron chi connectivity index (χ2n) is 6.05. The van der Waals surface area contributed by atoms with Gasteiger partial charge in [0.05, 0.1) is 11.4 Å². The van der Waals surface area contributed by atoms with Crippen molar-refractivity contribution in [3.05, 3.63) is 23.8 Å². The van der Waals surface area contributed by atoms with Gasteiger partial charge in [-0.2, -0.15) is 0 Å². The highest BCUT2D eigenvalue weighted by Gasteiger charge is 2.28. The molecule has 0 aromatic heterocycles. The Morgan fingerprint density at radius 3 is 2.53 bits per heavy atom. The molecule has 1 aromatic carbocycles. The van der Waals surface area contributed by atoms with E-state index in [1.165, 1.54) is 5.56 Å². The molecule has 0 bridgehead atoms. The Labute approximate surface area is 115 Å². The number of carbonyl (C=O) groups is 1. The summed E-state index contributed by atoms with van der Waals surface area (Å²) in [5.41, 5.74) is 2.73. The minimum absolute atomic E-state index is 0.272. The quantitative estimate of drug-likeness (QED) is 0.720. The van der Waals surface area contributed by atoms with E-state index in [-0.39, 0.29) is 6.09 Å². The molecule has 0 radical (unpaired) electrons. The summed E-state index contributed by atoms with van der Waals surface area (Å²) in [6.45, 7) is 9.18. The fourth-order valence-electron chi connectivity index (χ4n) is 2.17. The van der Waals surface area contributed by atoms with E-state index in [0.717, 1.165) is 17.9 Å². The van der Waals surface area contributed by atoms with E-state index in [4.69, 9.17) is 4.74 Å². The number of fused-ring (bicyclic) bond motifs is 1. The number of hydrogen-bond acceptors (Lipinski definition) is 3. The van der Waals surface area contributed by atoms with Gasteiger partial charge in [0.1, 0.15) is 5.60 Å². The number of rotatable bonds is 0. The van der Waals surface area contributed by atoms with Gasteiger partial charge in [0, 0.05) is 20.1 Å². The highest BCUT2D eigenvalue weighted by molar-refractivity contribution is 5.93. The van der Waals surface area contributed by atoms with Crippen LogP contribution in [0, 0.1) is 6.92 Å². The zero-order valence-corrected chi connectivity index (χ0v) is 12.4. The molecule has 1 heterocycles. The molecule has 1 aromatic rings. The third kappa shape index (κ3) is 3.00. The fraction of sp³-hybridized carbons (Fsp3) is 0.533. The minimum Gasteiger partial charge on any atom is -0.443 e. The largest absolute Gasteiger partial charge is 0.443 e. The predicted molar refractivity (Wildman–Crippen MR) is 78.0 cm³/mol. The molecule has 1 aliphatic heterocycles. The molecule has 0 N–H and O–H groups in total. The Morgan fingerprint density at radius 2 is 1.89 bits per heavy atom. The summed E-state index contributed by atoms with van der Waals surface area (Å²) < 4.78 is 5.47. The van der Waals surface area contributed by atoms with Crippen LogP contribution in [0.4, 0.5) is 16.2 Å². The zero-order valence-electron chi connectivity index (χ0n) is 12.4. The number of hydrogen-bond donors (Lipinski definition) is 0. The molecule has 104 valence electrons. The molecule has 4 nitrogen and oxygen atoms in total. The Hall–Kier alpha value is -1.71. The number of nitrogens with zero attached hydrogens (tertiary/aromatic N) is 2. The Kier molecular flexibility index (Phi) is 3.43. The van der Waals surface area contributed by atoms with Gasteiger partial charge >= 0.3 is 6.09 Å². The molecule has 1 amide bonds. The number of benzene rings is 1. The summed E-state index contributed by atoms with van der Waals surface area (Å²) in [6.07, 6.45) is -0.272. The molecule has 0 unspecified atom stereocenters. The van der Waals surface area contributed by atoms with Crippen LogP contribution in [0.25, 0.3) is 0 Å². The van der Waals surface area contributed by atoms with Gasteiger partial charge in [0.2, 0.25) is 0 Å². The fourth-order valence-corrected chi connectivity index (χ4v) is 2.17. The summed E-state index contributed by atoms with van der Waals surface area (Å²) in [5.74, 6) is 0. The van der Waals surface area contributed by atoms with Crippen molar-refractivity contribution in [3.63, 3.8) is 0 Å². The van der Waals surface area contributed by atoms with Crippen molar-refractivity contribution in [2.45, 2.75) is 33.3 Å². The molecule has 0 aliphatic carbocycles. The van der Waals surface area contributed by atoms with Crippen LogP contribution in [0.2, 0.25) is 0 Å². The predicted octanol–water partition coefficient (Wildman–Crippen LogP) is 3.19. The van der Waals surface area contributed by atoms with Crippen LogP contribution in [0.1, 0.15) is 26.3 Å². The van der Waals surface area contributed by atoms with Gasteiger partial charge in [0.25, 0.3) is 0 Å². The SMILES string of the molecule is Cc1ccc2c(c1)N(C)CCN2C(=O)OC(C)(C)C. The molecular formula is C15H22N2O2. The molecule has 0 fully saturated rings. The summed E-state index contributed by atoms with van der Waals surface area (Å²) >= 11 is 0. The van der Waals surface area contributed by atoms with Crippen LogP contribution >= 0.6 is 0 Å². The minimum atomic E-state index is -0.467. The maximum atomic E-state index is 12.3. The van der Waals surface area contributed by atoms with E-state index in [9.17, 15) is 4.79 Å². The van der Waals surface area contributed by atoms with Crippen LogP contribution in [0.15, 0.2) is 18.2 Å². The van der Waals surface area contributed by atoms with E-state index in [1.54, 1.807) is 4.90 Å². The van der Waals surface area contributed by atoms with Gasteiger partial charge in [0.15, 0.2) is 0 Å². The average Bonchev–Trinajstić information content (AvgIpc) is 2.27. The Bertz CT molecular complexity index is 491. The van der Waals surface area contributed by atoms with Gasteiger partial charge in [-0.25, -0.2) is 4.79 Å². The number of carbonyl (C=O) groups excluding carboxylic acids is 1. The molecule has 0 atom stereocenters. The van der Waals surface area contributed by atoms with Crippen molar-refractivity contribution in [2.24, 2.45) is 0 Å².